The predicted molar refractivity (Wildman–Crippen MR) is 76.1 cm³/mol. The van der Waals surface area contributed by atoms with Crippen molar-refractivity contribution >= 4 is 11.9 Å². The van der Waals surface area contributed by atoms with Crippen molar-refractivity contribution < 1.29 is 24.2 Å². The third-order valence-electron chi connectivity index (χ3n) is 2.59. The summed E-state index contributed by atoms with van der Waals surface area (Å²) in [6.45, 7) is 3.98. The number of hydrogen-bond donors (Lipinski definition) is 2. The Hall–Kier alpha value is -1.92. The van der Waals surface area contributed by atoms with Crippen LogP contribution in [0.3, 0.4) is 0 Å². The Balaban J connectivity index is 2.73. The van der Waals surface area contributed by atoms with E-state index in [9.17, 15) is 14.7 Å². The van der Waals surface area contributed by atoms with E-state index in [4.69, 9.17) is 15.2 Å². The molecular weight excluding hydrogens is 274 g/mol. The number of nitrogens with two attached hydrogens (primary N) is 1. The molecule has 3 N–H and O–H groups in total. The van der Waals surface area contributed by atoms with Crippen LogP contribution < -0.4 is 5.73 Å². The molecular formula is C15H21NO5. The smallest absolute Gasteiger partial charge is 0.340 e. The highest BCUT2D eigenvalue weighted by molar-refractivity contribution is 6.05. The number of esters is 2. The molecule has 6 heteroatoms. The van der Waals surface area contributed by atoms with Gasteiger partial charge in [-0.2, -0.15) is 0 Å². The first kappa shape index (κ1) is 17.1. The maximum atomic E-state index is 12.0. The summed E-state index contributed by atoms with van der Waals surface area (Å²) in [4.78, 5) is 23.9. The SMILES string of the molecule is CC(C)(C)OC(=O)C(N)(CO)C(=O)OCc1ccccc1. The average molecular weight is 295 g/mol. The second-order valence-electron chi connectivity index (χ2n) is 5.69. The maximum absolute atomic E-state index is 12.0. The predicted octanol–water partition coefficient (Wildman–Crippen LogP) is 0.761. The molecule has 116 valence electrons. The van der Waals surface area contributed by atoms with Crippen molar-refractivity contribution in [2.24, 2.45) is 5.73 Å². The van der Waals surface area contributed by atoms with Crippen LogP contribution in [0.2, 0.25) is 0 Å². The van der Waals surface area contributed by atoms with E-state index in [1.165, 1.54) is 0 Å². The Labute approximate surface area is 123 Å². The highest BCUT2D eigenvalue weighted by atomic mass is 16.6. The van der Waals surface area contributed by atoms with Gasteiger partial charge in [0.25, 0.3) is 0 Å². The van der Waals surface area contributed by atoms with E-state index in [1.54, 1.807) is 45.0 Å². The van der Waals surface area contributed by atoms with Gasteiger partial charge >= 0.3 is 11.9 Å². The van der Waals surface area contributed by atoms with Crippen LogP contribution in [0, 0.1) is 0 Å². The quantitative estimate of drug-likeness (QED) is 0.614. The summed E-state index contributed by atoms with van der Waals surface area (Å²) in [6.07, 6.45) is 0. The van der Waals surface area contributed by atoms with Crippen molar-refractivity contribution in [3.05, 3.63) is 35.9 Å². The van der Waals surface area contributed by atoms with Crippen LogP contribution in [0.1, 0.15) is 26.3 Å². The van der Waals surface area contributed by atoms with E-state index >= 15 is 0 Å². The molecule has 0 aromatic heterocycles. The van der Waals surface area contributed by atoms with Gasteiger partial charge in [-0.15, -0.1) is 0 Å². The van der Waals surface area contributed by atoms with Crippen LogP contribution in [-0.2, 0) is 25.7 Å². The van der Waals surface area contributed by atoms with E-state index in [-0.39, 0.29) is 6.61 Å². The van der Waals surface area contributed by atoms with Gasteiger partial charge in [-0.05, 0) is 26.3 Å². The number of carbonyl (C=O) groups is 2. The van der Waals surface area contributed by atoms with Crippen molar-refractivity contribution in [3.8, 4) is 0 Å². The third kappa shape index (κ3) is 4.84. The lowest BCUT2D eigenvalue weighted by molar-refractivity contribution is -0.174. The minimum absolute atomic E-state index is 0.0403. The molecule has 0 saturated carbocycles. The normalized spacial score (nSPS) is 14.1. The summed E-state index contributed by atoms with van der Waals surface area (Å²) in [5.74, 6) is -2.04. The van der Waals surface area contributed by atoms with Gasteiger partial charge in [0.2, 0.25) is 5.54 Å². The Morgan fingerprint density at radius 3 is 2.19 bits per heavy atom. The van der Waals surface area contributed by atoms with Crippen LogP contribution >= 0.6 is 0 Å². The van der Waals surface area contributed by atoms with Gasteiger partial charge in [0, 0.05) is 0 Å². The number of carbonyl (C=O) groups excluding carboxylic acids is 2. The number of ether oxygens (including phenoxy) is 2. The van der Waals surface area contributed by atoms with Crippen LogP contribution in [-0.4, -0.2) is 34.8 Å². The Morgan fingerprint density at radius 2 is 1.71 bits per heavy atom. The second kappa shape index (κ2) is 6.69. The molecule has 6 nitrogen and oxygen atoms in total. The zero-order valence-electron chi connectivity index (χ0n) is 12.5. The van der Waals surface area contributed by atoms with E-state index in [1.807, 2.05) is 6.07 Å². The average Bonchev–Trinajstić information content (AvgIpc) is 2.43. The number of aliphatic hydroxyl groups excluding tert-OH is 1. The highest BCUT2D eigenvalue weighted by Gasteiger charge is 2.46. The molecule has 21 heavy (non-hydrogen) atoms. The number of rotatable bonds is 5. The van der Waals surface area contributed by atoms with Crippen LogP contribution in [0.15, 0.2) is 30.3 Å². The molecule has 1 rings (SSSR count). The summed E-state index contributed by atoms with van der Waals surface area (Å²) in [7, 11) is 0. The van der Waals surface area contributed by atoms with Gasteiger partial charge < -0.3 is 20.3 Å². The van der Waals surface area contributed by atoms with Gasteiger partial charge in [-0.3, -0.25) is 0 Å². The monoisotopic (exact) mass is 295 g/mol. The van der Waals surface area contributed by atoms with E-state index < -0.39 is 29.7 Å². The van der Waals surface area contributed by atoms with E-state index in [2.05, 4.69) is 0 Å². The fourth-order valence-corrected chi connectivity index (χ4v) is 1.43. The molecule has 0 amide bonds. The molecule has 0 heterocycles. The molecule has 0 aliphatic carbocycles. The van der Waals surface area contributed by atoms with Crippen LogP contribution in [0.5, 0.6) is 0 Å². The fraction of sp³-hybridized carbons (Fsp3) is 0.467. The molecule has 0 spiro atoms. The van der Waals surface area contributed by atoms with Crippen LogP contribution in [0.25, 0.3) is 0 Å². The molecule has 0 radical (unpaired) electrons. The van der Waals surface area contributed by atoms with Gasteiger partial charge in [-0.1, -0.05) is 30.3 Å². The zero-order chi connectivity index (χ0) is 16.1. The summed E-state index contributed by atoms with van der Waals surface area (Å²) >= 11 is 0. The summed E-state index contributed by atoms with van der Waals surface area (Å²) in [6, 6.07) is 8.93. The fourth-order valence-electron chi connectivity index (χ4n) is 1.43. The van der Waals surface area contributed by atoms with Crippen molar-refractivity contribution in [3.63, 3.8) is 0 Å². The largest absolute Gasteiger partial charge is 0.459 e. The molecule has 1 atom stereocenters. The van der Waals surface area contributed by atoms with Crippen molar-refractivity contribution in [2.45, 2.75) is 38.5 Å². The Morgan fingerprint density at radius 1 is 1.14 bits per heavy atom. The molecule has 0 saturated heterocycles. The van der Waals surface area contributed by atoms with Gasteiger partial charge in [0.05, 0.1) is 6.61 Å². The first-order valence-corrected chi connectivity index (χ1v) is 6.53. The highest BCUT2D eigenvalue weighted by Crippen LogP contribution is 2.15. The summed E-state index contributed by atoms with van der Waals surface area (Å²) in [5, 5.41) is 9.29. The summed E-state index contributed by atoms with van der Waals surface area (Å²) in [5.41, 5.74) is 3.36. The molecule has 0 aliphatic rings. The minimum atomic E-state index is -2.22. The van der Waals surface area contributed by atoms with Gasteiger partial charge in [0.1, 0.15) is 12.2 Å². The van der Waals surface area contributed by atoms with Gasteiger partial charge in [-0.25, -0.2) is 9.59 Å². The Bertz CT molecular complexity index is 495. The molecule has 1 aromatic rings. The Kier molecular flexibility index (Phi) is 5.46. The molecule has 1 unspecified atom stereocenters. The number of benzene rings is 1. The minimum Gasteiger partial charge on any atom is -0.459 e. The van der Waals surface area contributed by atoms with Gasteiger partial charge in [0.15, 0.2) is 0 Å². The first-order valence-electron chi connectivity index (χ1n) is 6.53. The number of aliphatic hydroxyl groups is 1. The maximum Gasteiger partial charge on any atom is 0.340 e. The van der Waals surface area contributed by atoms with Crippen LogP contribution in [0.4, 0.5) is 0 Å². The van der Waals surface area contributed by atoms with E-state index in [0.717, 1.165) is 5.56 Å². The lowest BCUT2D eigenvalue weighted by Gasteiger charge is -2.28. The van der Waals surface area contributed by atoms with E-state index in [0.29, 0.717) is 0 Å². The molecule has 0 fully saturated rings. The van der Waals surface area contributed by atoms with Crippen molar-refractivity contribution in [1.29, 1.82) is 0 Å². The first-order chi connectivity index (χ1) is 9.69. The zero-order valence-corrected chi connectivity index (χ0v) is 12.5. The second-order valence-corrected chi connectivity index (χ2v) is 5.69. The lowest BCUT2D eigenvalue weighted by Crippen LogP contribution is -2.60. The topological polar surface area (TPSA) is 98.9 Å². The van der Waals surface area contributed by atoms with Crippen molar-refractivity contribution in [2.75, 3.05) is 6.61 Å². The lowest BCUT2D eigenvalue weighted by atomic mass is 10.0. The number of hydrogen-bond acceptors (Lipinski definition) is 6. The van der Waals surface area contributed by atoms with Crippen molar-refractivity contribution in [1.82, 2.24) is 0 Å². The standard InChI is InChI=1S/C15H21NO5/c1-14(2,3)21-13(19)15(16,10-17)12(18)20-9-11-7-5-4-6-8-11/h4-8,17H,9-10,16H2,1-3H3. The molecule has 0 aliphatic heterocycles. The molecule has 1 aromatic carbocycles. The third-order valence-corrected chi connectivity index (χ3v) is 2.59. The molecule has 0 bridgehead atoms. The summed E-state index contributed by atoms with van der Waals surface area (Å²) < 4.78 is 10.0.